The number of ether oxygens (including phenoxy) is 2. The summed E-state index contributed by atoms with van der Waals surface area (Å²) in [6.45, 7) is 6.50. The van der Waals surface area contributed by atoms with Gasteiger partial charge < -0.3 is 14.4 Å². The van der Waals surface area contributed by atoms with E-state index in [0.29, 0.717) is 11.5 Å². The van der Waals surface area contributed by atoms with E-state index < -0.39 is 10.0 Å². The summed E-state index contributed by atoms with van der Waals surface area (Å²) in [5.41, 5.74) is 0.830. The standard InChI is InChI=1S/C15H24N2O4S/c1-5-17-7-6-12(10-17)16-22(18,19)15-9-13(20-3)11(2)8-14(15)21-4/h8-9,12,16H,5-7,10H2,1-4H3. The summed E-state index contributed by atoms with van der Waals surface area (Å²) >= 11 is 0. The Morgan fingerprint density at radius 3 is 2.50 bits per heavy atom. The van der Waals surface area contributed by atoms with Crippen LogP contribution in [0.2, 0.25) is 0 Å². The highest BCUT2D eigenvalue weighted by atomic mass is 32.2. The number of nitrogens with zero attached hydrogens (tertiary/aromatic N) is 1. The summed E-state index contributed by atoms with van der Waals surface area (Å²) < 4.78 is 38.6. The van der Waals surface area contributed by atoms with E-state index in [0.717, 1.165) is 31.6 Å². The van der Waals surface area contributed by atoms with Crippen molar-refractivity contribution >= 4 is 10.0 Å². The lowest BCUT2D eigenvalue weighted by atomic mass is 10.2. The largest absolute Gasteiger partial charge is 0.496 e. The molecule has 1 unspecified atom stereocenters. The number of sulfonamides is 1. The third-order valence-corrected chi connectivity index (χ3v) is 5.55. The zero-order valence-corrected chi connectivity index (χ0v) is 14.4. The molecule has 1 N–H and O–H groups in total. The molecule has 1 heterocycles. The Kier molecular flexibility index (Phi) is 5.31. The third kappa shape index (κ3) is 3.53. The van der Waals surface area contributed by atoms with Crippen LogP contribution in [0.5, 0.6) is 11.5 Å². The Balaban J connectivity index is 2.29. The number of hydrogen-bond acceptors (Lipinski definition) is 5. The van der Waals surface area contributed by atoms with Crippen LogP contribution in [0, 0.1) is 6.92 Å². The molecule has 124 valence electrons. The van der Waals surface area contributed by atoms with Crippen molar-refractivity contribution in [1.82, 2.24) is 9.62 Å². The first-order valence-corrected chi connectivity index (χ1v) is 8.87. The molecule has 1 fully saturated rings. The Labute approximate surface area is 132 Å². The molecule has 1 atom stereocenters. The van der Waals surface area contributed by atoms with Gasteiger partial charge in [-0.05, 0) is 38.1 Å². The van der Waals surface area contributed by atoms with Gasteiger partial charge in [-0.2, -0.15) is 0 Å². The number of benzene rings is 1. The summed E-state index contributed by atoms with van der Waals surface area (Å²) in [7, 11) is -0.660. The summed E-state index contributed by atoms with van der Waals surface area (Å²) in [6, 6.07) is 3.13. The summed E-state index contributed by atoms with van der Waals surface area (Å²) in [6.07, 6.45) is 0.818. The minimum atomic E-state index is -3.65. The van der Waals surface area contributed by atoms with Crippen LogP contribution in [0.15, 0.2) is 17.0 Å². The van der Waals surface area contributed by atoms with Crippen LogP contribution in [0.1, 0.15) is 18.9 Å². The van der Waals surface area contributed by atoms with Crippen LogP contribution < -0.4 is 14.2 Å². The zero-order chi connectivity index (χ0) is 16.3. The number of likely N-dealkylation sites (N-methyl/N-ethyl adjacent to an activating group) is 1. The minimum Gasteiger partial charge on any atom is -0.496 e. The van der Waals surface area contributed by atoms with E-state index in [9.17, 15) is 8.42 Å². The van der Waals surface area contributed by atoms with Gasteiger partial charge in [0.1, 0.15) is 16.4 Å². The number of aryl methyl sites for hydroxylation is 1. The maximum absolute atomic E-state index is 12.7. The number of rotatable bonds is 6. The van der Waals surface area contributed by atoms with Crippen LogP contribution in [-0.2, 0) is 10.0 Å². The zero-order valence-electron chi connectivity index (χ0n) is 13.5. The maximum atomic E-state index is 12.7. The second-order valence-electron chi connectivity index (χ2n) is 5.47. The van der Waals surface area contributed by atoms with E-state index in [-0.39, 0.29) is 10.9 Å². The van der Waals surface area contributed by atoms with Crippen molar-refractivity contribution in [2.24, 2.45) is 0 Å². The molecule has 1 aromatic carbocycles. The lowest BCUT2D eigenvalue weighted by Crippen LogP contribution is -2.37. The van der Waals surface area contributed by atoms with Gasteiger partial charge in [0.15, 0.2) is 0 Å². The van der Waals surface area contributed by atoms with Crippen LogP contribution in [0.3, 0.4) is 0 Å². The molecular formula is C15H24N2O4S. The SMILES string of the molecule is CCN1CCC(NS(=O)(=O)c2cc(OC)c(C)cc2OC)C1. The fraction of sp³-hybridized carbons (Fsp3) is 0.600. The highest BCUT2D eigenvalue weighted by molar-refractivity contribution is 7.89. The third-order valence-electron chi connectivity index (χ3n) is 4.01. The van der Waals surface area contributed by atoms with Gasteiger partial charge in [0.05, 0.1) is 14.2 Å². The van der Waals surface area contributed by atoms with E-state index in [1.807, 2.05) is 6.92 Å². The first-order valence-electron chi connectivity index (χ1n) is 7.38. The molecule has 0 amide bonds. The van der Waals surface area contributed by atoms with Crippen molar-refractivity contribution in [1.29, 1.82) is 0 Å². The molecule has 1 aliphatic heterocycles. The average Bonchev–Trinajstić information content (AvgIpc) is 2.93. The highest BCUT2D eigenvalue weighted by Crippen LogP contribution is 2.31. The molecule has 6 nitrogen and oxygen atoms in total. The van der Waals surface area contributed by atoms with E-state index in [1.54, 1.807) is 6.07 Å². The Bertz CT molecular complexity index is 631. The molecule has 0 bridgehead atoms. The summed E-state index contributed by atoms with van der Waals surface area (Å²) in [5.74, 6) is 0.860. The summed E-state index contributed by atoms with van der Waals surface area (Å²) in [5, 5.41) is 0. The molecule has 22 heavy (non-hydrogen) atoms. The second kappa shape index (κ2) is 6.85. The van der Waals surface area contributed by atoms with Crippen LogP contribution in [0.4, 0.5) is 0 Å². The quantitative estimate of drug-likeness (QED) is 0.854. The Morgan fingerprint density at radius 1 is 1.27 bits per heavy atom. The number of nitrogens with one attached hydrogen (secondary N) is 1. The van der Waals surface area contributed by atoms with Gasteiger partial charge in [0.25, 0.3) is 0 Å². The van der Waals surface area contributed by atoms with E-state index in [1.165, 1.54) is 20.3 Å². The topological polar surface area (TPSA) is 67.9 Å². The maximum Gasteiger partial charge on any atom is 0.244 e. The molecular weight excluding hydrogens is 304 g/mol. The molecule has 7 heteroatoms. The second-order valence-corrected chi connectivity index (χ2v) is 7.16. The first kappa shape index (κ1) is 17.1. The fourth-order valence-electron chi connectivity index (χ4n) is 2.73. The van der Waals surface area contributed by atoms with Crippen LogP contribution in [-0.4, -0.2) is 53.2 Å². The van der Waals surface area contributed by atoms with Crippen LogP contribution in [0.25, 0.3) is 0 Å². The summed E-state index contributed by atoms with van der Waals surface area (Å²) in [4.78, 5) is 2.34. The molecule has 0 aromatic heterocycles. The predicted octanol–water partition coefficient (Wildman–Crippen LogP) is 1.38. The van der Waals surface area contributed by atoms with Gasteiger partial charge in [0.2, 0.25) is 10.0 Å². The average molecular weight is 328 g/mol. The van der Waals surface area contributed by atoms with E-state index >= 15 is 0 Å². The lowest BCUT2D eigenvalue weighted by Gasteiger charge is -2.17. The van der Waals surface area contributed by atoms with Crippen molar-refractivity contribution < 1.29 is 17.9 Å². The molecule has 2 rings (SSSR count). The monoisotopic (exact) mass is 328 g/mol. The van der Waals surface area contributed by atoms with Crippen LogP contribution >= 0.6 is 0 Å². The number of hydrogen-bond donors (Lipinski definition) is 1. The lowest BCUT2D eigenvalue weighted by molar-refractivity contribution is 0.351. The Morgan fingerprint density at radius 2 is 1.95 bits per heavy atom. The Hall–Kier alpha value is -1.31. The highest BCUT2D eigenvalue weighted by Gasteiger charge is 2.29. The normalized spacial score (nSPS) is 19.4. The smallest absolute Gasteiger partial charge is 0.244 e. The number of likely N-dealkylation sites (tertiary alicyclic amines) is 1. The van der Waals surface area contributed by atoms with E-state index in [4.69, 9.17) is 9.47 Å². The molecule has 0 radical (unpaired) electrons. The first-order chi connectivity index (χ1) is 10.4. The van der Waals surface area contributed by atoms with Gasteiger partial charge in [0, 0.05) is 18.7 Å². The molecule has 1 aliphatic rings. The fourth-order valence-corrected chi connectivity index (χ4v) is 4.16. The molecule has 1 saturated heterocycles. The molecule has 0 saturated carbocycles. The number of methoxy groups -OCH3 is 2. The van der Waals surface area contributed by atoms with Gasteiger partial charge in [-0.3, -0.25) is 0 Å². The van der Waals surface area contributed by atoms with Crippen molar-refractivity contribution in [3.05, 3.63) is 17.7 Å². The minimum absolute atomic E-state index is 0.0676. The molecule has 0 aliphatic carbocycles. The van der Waals surface area contributed by atoms with Crippen molar-refractivity contribution in [2.75, 3.05) is 33.9 Å². The van der Waals surface area contributed by atoms with Gasteiger partial charge >= 0.3 is 0 Å². The van der Waals surface area contributed by atoms with E-state index in [2.05, 4.69) is 16.5 Å². The van der Waals surface area contributed by atoms with Crippen molar-refractivity contribution in [2.45, 2.75) is 31.2 Å². The predicted molar refractivity (Wildman–Crippen MR) is 85.1 cm³/mol. The molecule has 1 aromatic rings. The molecule has 0 spiro atoms. The van der Waals surface area contributed by atoms with Crippen molar-refractivity contribution in [3.63, 3.8) is 0 Å². The van der Waals surface area contributed by atoms with Gasteiger partial charge in [-0.25, -0.2) is 13.1 Å². The van der Waals surface area contributed by atoms with Crippen molar-refractivity contribution in [3.8, 4) is 11.5 Å². The van der Waals surface area contributed by atoms with Gasteiger partial charge in [-0.1, -0.05) is 6.92 Å². The van der Waals surface area contributed by atoms with Gasteiger partial charge in [-0.15, -0.1) is 0 Å².